The third-order valence-corrected chi connectivity index (χ3v) is 6.69. The zero-order valence-corrected chi connectivity index (χ0v) is 18.3. The fourth-order valence-corrected chi connectivity index (χ4v) is 4.58. The number of rotatable bonds is 6. The van der Waals surface area contributed by atoms with Crippen molar-refractivity contribution in [3.05, 3.63) is 70.8 Å². The first-order chi connectivity index (χ1) is 15.7. The number of halogens is 4. The summed E-state index contributed by atoms with van der Waals surface area (Å²) in [6.45, 7) is 1.65. The Labute approximate surface area is 189 Å². The predicted octanol–water partition coefficient (Wildman–Crippen LogP) is 3.95. The van der Waals surface area contributed by atoms with Gasteiger partial charge in [-0.2, -0.15) is 13.2 Å². The topological polar surface area (TPSA) is 62.4 Å². The van der Waals surface area contributed by atoms with E-state index < -0.39 is 35.6 Å². The second-order valence-electron chi connectivity index (χ2n) is 8.79. The highest BCUT2D eigenvalue weighted by Gasteiger charge is 2.49. The molecule has 2 aliphatic rings. The standard InChI is InChI=1S/C24H27F4N3O2/c1-16(18-9-17(12-25)10-20(11-18)24(26,27)28)33-14-23(19-5-3-2-4-6-19)8-7-22(13-30-23)21(32)29-15-31-22/h2-6,9-11,16,30-31H,7-8,12-15H2,1H3,(H,29,32)/t16-,22?,23-/m1/s1. The van der Waals surface area contributed by atoms with Crippen LogP contribution in [0.15, 0.2) is 48.5 Å². The summed E-state index contributed by atoms with van der Waals surface area (Å²) in [7, 11) is 0. The molecule has 0 saturated carbocycles. The molecule has 5 nitrogen and oxygen atoms in total. The number of nitrogens with one attached hydrogen (secondary N) is 3. The second-order valence-corrected chi connectivity index (χ2v) is 8.79. The maximum Gasteiger partial charge on any atom is 0.416 e. The summed E-state index contributed by atoms with van der Waals surface area (Å²) in [6.07, 6.45) is -4.10. The van der Waals surface area contributed by atoms with Crippen molar-refractivity contribution in [2.24, 2.45) is 0 Å². The van der Waals surface area contributed by atoms with E-state index in [2.05, 4.69) is 16.0 Å². The van der Waals surface area contributed by atoms with Gasteiger partial charge in [0.2, 0.25) is 5.91 Å². The van der Waals surface area contributed by atoms with Crippen LogP contribution in [0.4, 0.5) is 17.6 Å². The minimum atomic E-state index is -4.57. The summed E-state index contributed by atoms with van der Waals surface area (Å²) in [5, 5.41) is 9.52. The molecule has 33 heavy (non-hydrogen) atoms. The summed E-state index contributed by atoms with van der Waals surface area (Å²) in [5.41, 5.74) is -0.985. The van der Waals surface area contributed by atoms with E-state index in [1.807, 2.05) is 30.3 Å². The maximum absolute atomic E-state index is 13.3. The Kier molecular flexibility index (Phi) is 6.48. The molecule has 2 heterocycles. The van der Waals surface area contributed by atoms with Gasteiger partial charge in [0.05, 0.1) is 30.5 Å². The third-order valence-electron chi connectivity index (χ3n) is 6.69. The SMILES string of the molecule is C[C@@H](OC[C@@]1(c2ccccc2)CCC2(CN1)NCNC2=O)c1cc(CF)cc(C(F)(F)F)c1. The van der Waals surface area contributed by atoms with Crippen molar-refractivity contribution >= 4 is 5.91 Å². The lowest BCUT2D eigenvalue weighted by atomic mass is 9.76. The Morgan fingerprint density at radius 3 is 2.42 bits per heavy atom. The number of carbonyl (C=O) groups excluding carboxylic acids is 1. The lowest BCUT2D eigenvalue weighted by Crippen LogP contribution is -2.64. The molecular formula is C24H27F4N3O2. The lowest BCUT2D eigenvalue weighted by Gasteiger charge is -2.45. The van der Waals surface area contributed by atoms with Crippen LogP contribution in [0.2, 0.25) is 0 Å². The summed E-state index contributed by atoms with van der Waals surface area (Å²) in [6, 6.07) is 12.9. The van der Waals surface area contributed by atoms with E-state index in [9.17, 15) is 22.4 Å². The molecule has 2 aromatic carbocycles. The van der Waals surface area contributed by atoms with E-state index in [0.717, 1.165) is 17.7 Å². The monoisotopic (exact) mass is 465 g/mol. The van der Waals surface area contributed by atoms with E-state index in [0.29, 0.717) is 26.1 Å². The highest BCUT2D eigenvalue weighted by atomic mass is 19.4. The van der Waals surface area contributed by atoms with Crippen LogP contribution in [-0.2, 0) is 27.9 Å². The Hall–Kier alpha value is -2.49. The number of benzene rings is 2. The van der Waals surface area contributed by atoms with Crippen molar-refractivity contribution in [2.75, 3.05) is 19.8 Å². The highest BCUT2D eigenvalue weighted by Crippen LogP contribution is 2.37. The fraction of sp³-hybridized carbons (Fsp3) is 0.458. The Balaban J connectivity index is 1.55. The molecule has 0 aromatic heterocycles. The average molecular weight is 465 g/mol. The normalized spacial score (nSPS) is 26.4. The van der Waals surface area contributed by atoms with Crippen LogP contribution in [0.3, 0.4) is 0 Å². The second kappa shape index (κ2) is 9.04. The molecule has 0 bridgehead atoms. The number of piperidine rings is 1. The molecule has 0 aliphatic carbocycles. The smallest absolute Gasteiger partial charge is 0.372 e. The van der Waals surface area contributed by atoms with Crippen LogP contribution in [0.25, 0.3) is 0 Å². The highest BCUT2D eigenvalue weighted by molar-refractivity contribution is 5.88. The lowest BCUT2D eigenvalue weighted by molar-refractivity contribution is -0.137. The van der Waals surface area contributed by atoms with Gasteiger partial charge in [0.15, 0.2) is 0 Å². The minimum Gasteiger partial charge on any atom is -0.372 e. The van der Waals surface area contributed by atoms with E-state index in [1.54, 1.807) is 6.92 Å². The Morgan fingerprint density at radius 1 is 1.09 bits per heavy atom. The van der Waals surface area contributed by atoms with Gasteiger partial charge in [0.25, 0.3) is 0 Å². The molecule has 4 rings (SSSR count). The quantitative estimate of drug-likeness (QED) is 0.566. The molecule has 3 atom stereocenters. The van der Waals surface area contributed by atoms with E-state index in [1.165, 1.54) is 6.07 Å². The van der Waals surface area contributed by atoms with Crippen molar-refractivity contribution in [2.45, 2.75) is 49.8 Å². The molecular weight excluding hydrogens is 438 g/mol. The molecule has 2 aliphatic heterocycles. The van der Waals surface area contributed by atoms with E-state index >= 15 is 0 Å². The van der Waals surface area contributed by atoms with Crippen LogP contribution in [0.5, 0.6) is 0 Å². The summed E-state index contributed by atoms with van der Waals surface area (Å²) >= 11 is 0. The van der Waals surface area contributed by atoms with E-state index in [4.69, 9.17) is 4.74 Å². The number of carbonyl (C=O) groups is 1. The predicted molar refractivity (Wildman–Crippen MR) is 115 cm³/mol. The van der Waals surface area contributed by atoms with Crippen LogP contribution < -0.4 is 16.0 Å². The number of amides is 1. The number of alkyl halides is 4. The largest absolute Gasteiger partial charge is 0.416 e. The first-order valence-electron chi connectivity index (χ1n) is 10.9. The van der Waals surface area contributed by atoms with Crippen molar-refractivity contribution < 1.29 is 27.1 Å². The van der Waals surface area contributed by atoms with Crippen LogP contribution in [0.1, 0.15) is 48.1 Å². The Morgan fingerprint density at radius 2 is 1.85 bits per heavy atom. The molecule has 2 fully saturated rings. The first-order valence-corrected chi connectivity index (χ1v) is 10.9. The minimum absolute atomic E-state index is 0.0379. The number of ether oxygens (including phenoxy) is 1. The van der Waals surface area contributed by atoms with Gasteiger partial charge in [-0.3, -0.25) is 10.1 Å². The van der Waals surface area contributed by atoms with Gasteiger partial charge >= 0.3 is 6.18 Å². The zero-order valence-electron chi connectivity index (χ0n) is 18.3. The van der Waals surface area contributed by atoms with Crippen molar-refractivity contribution in [3.63, 3.8) is 0 Å². The molecule has 1 unspecified atom stereocenters. The van der Waals surface area contributed by atoms with Gasteiger partial charge in [-0.25, -0.2) is 4.39 Å². The van der Waals surface area contributed by atoms with Gasteiger partial charge in [-0.15, -0.1) is 0 Å². The molecule has 1 amide bonds. The molecule has 9 heteroatoms. The van der Waals surface area contributed by atoms with Crippen molar-refractivity contribution in [1.29, 1.82) is 0 Å². The van der Waals surface area contributed by atoms with Crippen LogP contribution in [0, 0.1) is 0 Å². The summed E-state index contributed by atoms with van der Waals surface area (Å²) in [5.74, 6) is -0.0475. The molecule has 178 valence electrons. The average Bonchev–Trinajstić information content (AvgIpc) is 3.18. The Bertz CT molecular complexity index is 989. The summed E-state index contributed by atoms with van der Waals surface area (Å²) < 4.78 is 59.1. The molecule has 2 saturated heterocycles. The van der Waals surface area contributed by atoms with Crippen LogP contribution in [-0.4, -0.2) is 31.3 Å². The third kappa shape index (κ3) is 4.76. The van der Waals surface area contributed by atoms with Gasteiger partial charge in [0, 0.05) is 6.54 Å². The van der Waals surface area contributed by atoms with Crippen molar-refractivity contribution in [3.8, 4) is 0 Å². The van der Waals surface area contributed by atoms with E-state index in [-0.39, 0.29) is 23.6 Å². The number of hydrogen-bond acceptors (Lipinski definition) is 4. The first kappa shape index (κ1) is 23.7. The van der Waals surface area contributed by atoms with Gasteiger partial charge in [0.1, 0.15) is 12.2 Å². The summed E-state index contributed by atoms with van der Waals surface area (Å²) in [4.78, 5) is 12.4. The molecule has 2 aromatic rings. The zero-order chi connectivity index (χ0) is 23.7. The van der Waals surface area contributed by atoms with Gasteiger partial charge in [-0.1, -0.05) is 36.4 Å². The molecule has 1 spiro atoms. The number of hydrogen-bond donors (Lipinski definition) is 3. The van der Waals surface area contributed by atoms with Crippen molar-refractivity contribution in [1.82, 2.24) is 16.0 Å². The maximum atomic E-state index is 13.3. The van der Waals surface area contributed by atoms with Gasteiger partial charge in [-0.05, 0) is 48.6 Å². The fourth-order valence-electron chi connectivity index (χ4n) is 4.58. The van der Waals surface area contributed by atoms with Gasteiger partial charge < -0.3 is 15.4 Å². The molecule has 3 N–H and O–H groups in total. The van der Waals surface area contributed by atoms with Crippen LogP contribution >= 0.6 is 0 Å². The molecule has 0 radical (unpaired) electrons.